The second kappa shape index (κ2) is 3.61. The van der Waals surface area contributed by atoms with E-state index in [0.29, 0.717) is 5.92 Å². The molecular formula is C13H18N2. The van der Waals surface area contributed by atoms with Crippen LogP contribution in [0.1, 0.15) is 19.5 Å². The van der Waals surface area contributed by atoms with Crippen molar-refractivity contribution in [3.63, 3.8) is 0 Å². The highest BCUT2D eigenvalue weighted by molar-refractivity contribution is 5.84. The molecule has 0 aliphatic heterocycles. The third kappa shape index (κ3) is 1.84. The van der Waals surface area contributed by atoms with Crippen LogP contribution in [0.15, 0.2) is 24.3 Å². The number of nitrogen functional groups attached to an aromatic ring is 1. The van der Waals surface area contributed by atoms with Gasteiger partial charge in [0.15, 0.2) is 0 Å². The van der Waals surface area contributed by atoms with E-state index in [9.17, 15) is 0 Å². The maximum Gasteiger partial charge on any atom is 0.0484 e. The molecule has 15 heavy (non-hydrogen) atoms. The monoisotopic (exact) mass is 202 g/mol. The quantitative estimate of drug-likeness (QED) is 0.745. The van der Waals surface area contributed by atoms with Crippen LogP contribution in [-0.2, 0) is 6.54 Å². The van der Waals surface area contributed by atoms with Crippen molar-refractivity contribution in [3.8, 4) is 0 Å². The Hall–Kier alpha value is -1.44. The van der Waals surface area contributed by atoms with Crippen molar-refractivity contribution in [2.75, 3.05) is 5.73 Å². The van der Waals surface area contributed by atoms with Gasteiger partial charge < -0.3 is 10.3 Å². The first-order valence-corrected chi connectivity index (χ1v) is 5.43. The lowest BCUT2D eigenvalue weighted by Gasteiger charge is -2.10. The minimum Gasteiger partial charge on any atom is -0.399 e. The largest absolute Gasteiger partial charge is 0.399 e. The molecule has 1 aromatic carbocycles. The molecule has 80 valence electrons. The van der Waals surface area contributed by atoms with Crippen LogP contribution < -0.4 is 5.73 Å². The first kappa shape index (κ1) is 10.1. The predicted molar refractivity (Wildman–Crippen MR) is 65.9 cm³/mol. The van der Waals surface area contributed by atoms with Crippen molar-refractivity contribution in [2.45, 2.75) is 27.3 Å². The van der Waals surface area contributed by atoms with Crippen molar-refractivity contribution in [1.29, 1.82) is 0 Å². The lowest BCUT2D eigenvalue weighted by Crippen LogP contribution is -2.05. The van der Waals surface area contributed by atoms with Crippen molar-refractivity contribution in [3.05, 3.63) is 30.0 Å². The summed E-state index contributed by atoms with van der Waals surface area (Å²) in [7, 11) is 0. The Morgan fingerprint density at radius 1 is 1.27 bits per heavy atom. The molecule has 1 heterocycles. The van der Waals surface area contributed by atoms with E-state index in [1.165, 1.54) is 16.6 Å². The molecule has 0 unspecified atom stereocenters. The molecule has 0 radical (unpaired) electrons. The number of anilines is 1. The summed E-state index contributed by atoms with van der Waals surface area (Å²) >= 11 is 0. The van der Waals surface area contributed by atoms with Crippen molar-refractivity contribution in [2.24, 2.45) is 5.92 Å². The lowest BCUT2D eigenvalue weighted by molar-refractivity contribution is 0.528. The second-order valence-electron chi connectivity index (χ2n) is 4.61. The summed E-state index contributed by atoms with van der Waals surface area (Å²) in [5.41, 5.74) is 9.21. The summed E-state index contributed by atoms with van der Waals surface area (Å²) in [4.78, 5) is 0. The molecule has 2 N–H and O–H groups in total. The number of aryl methyl sites for hydroxylation is 1. The van der Waals surface area contributed by atoms with Crippen LogP contribution in [-0.4, -0.2) is 4.57 Å². The van der Waals surface area contributed by atoms with Gasteiger partial charge in [-0.25, -0.2) is 0 Å². The summed E-state index contributed by atoms with van der Waals surface area (Å²) in [6.07, 6.45) is 0. The van der Waals surface area contributed by atoms with E-state index in [-0.39, 0.29) is 0 Å². The molecule has 0 spiro atoms. The van der Waals surface area contributed by atoms with Crippen LogP contribution >= 0.6 is 0 Å². The summed E-state index contributed by atoms with van der Waals surface area (Å²) in [6, 6.07) is 8.33. The van der Waals surface area contributed by atoms with Gasteiger partial charge >= 0.3 is 0 Å². The number of hydrogen-bond donors (Lipinski definition) is 1. The molecule has 0 aliphatic rings. The van der Waals surface area contributed by atoms with Gasteiger partial charge in [0.1, 0.15) is 0 Å². The van der Waals surface area contributed by atoms with Crippen LogP contribution in [0.25, 0.3) is 10.9 Å². The average molecular weight is 202 g/mol. The van der Waals surface area contributed by atoms with Crippen molar-refractivity contribution in [1.82, 2.24) is 4.57 Å². The molecule has 0 saturated carbocycles. The fourth-order valence-corrected chi connectivity index (χ4v) is 2.03. The minimum absolute atomic E-state index is 0.664. The van der Waals surface area contributed by atoms with Gasteiger partial charge in [-0.3, -0.25) is 0 Å². The predicted octanol–water partition coefficient (Wildman–Crippen LogP) is 3.19. The fraction of sp³-hybridized carbons (Fsp3) is 0.385. The maximum absolute atomic E-state index is 5.78. The summed E-state index contributed by atoms with van der Waals surface area (Å²) in [5, 5.41) is 1.24. The number of fused-ring (bicyclic) bond motifs is 1. The van der Waals surface area contributed by atoms with Crippen molar-refractivity contribution < 1.29 is 0 Å². The van der Waals surface area contributed by atoms with E-state index in [1.807, 2.05) is 12.1 Å². The van der Waals surface area contributed by atoms with Crippen LogP contribution in [0.2, 0.25) is 0 Å². The first-order chi connectivity index (χ1) is 7.08. The molecule has 2 rings (SSSR count). The topological polar surface area (TPSA) is 30.9 Å². The Kier molecular flexibility index (Phi) is 2.43. The average Bonchev–Trinajstić information content (AvgIpc) is 2.41. The van der Waals surface area contributed by atoms with Gasteiger partial charge in [-0.05, 0) is 37.1 Å². The highest BCUT2D eigenvalue weighted by Crippen LogP contribution is 2.22. The van der Waals surface area contributed by atoms with Crippen molar-refractivity contribution >= 4 is 16.6 Å². The number of nitrogens with zero attached hydrogens (tertiary/aromatic N) is 1. The number of aromatic nitrogens is 1. The first-order valence-electron chi connectivity index (χ1n) is 5.43. The molecule has 0 bridgehead atoms. The summed E-state index contributed by atoms with van der Waals surface area (Å²) in [5.74, 6) is 0.664. The summed E-state index contributed by atoms with van der Waals surface area (Å²) in [6.45, 7) is 7.70. The molecule has 0 atom stereocenters. The minimum atomic E-state index is 0.664. The van der Waals surface area contributed by atoms with Crippen LogP contribution in [0.5, 0.6) is 0 Å². The summed E-state index contributed by atoms with van der Waals surface area (Å²) < 4.78 is 2.36. The Morgan fingerprint density at radius 3 is 2.67 bits per heavy atom. The standard InChI is InChI=1S/C13H18N2/c1-9(2)8-15-10(3)6-11-7-12(14)4-5-13(11)15/h4-7,9H,8,14H2,1-3H3. The smallest absolute Gasteiger partial charge is 0.0484 e. The van der Waals surface area contributed by atoms with Gasteiger partial charge in [0.25, 0.3) is 0 Å². The second-order valence-corrected chi connectivity index (χ2v) is 4.61. The van der Waals surface area contributed by atoms with Gasteiger partial charge in [0.2, 0.25) is 0 Å². The van der Waals surface area contributed by atoms with Gasteiger partial charge in [0.05, 0.1) is 0 Å². The maximum atomic E-state index is 5.78. The van der Waals surface area contributed by atoms with E-state index in [1.54, 1.807) is 0 Å². The highest BCUT2D eigenvalue weighted by Gasteiger charge is 2.06. The molecule has 0 aliphatic carbocycles. The Bertz CT molecular complexity index is 480. The third-order valence-corrected chi connectivity index (χ3v) is 2.68. The number of rotatable bonds is 2. The Balaban J connectivity index is 2.58. The Morgan fingerprint density at radius 2 is 2.00 bits per heavy atom. The van der Waals surface area contributed by atoms with Crippen LogP contribution in [0.4, 0.5) is 5.69 Å². The SMILES string of the molecule is Cc1cc2cc(N)ccc2n1CC(C)C. The van der Waals surface area contributed by atoms with Gasteiger partial charge in [0, 0.05) is 28.8 Å². The third-order valence-electron chi connectivity index (χ3n) is 2.68. The molecule has 1 aromatic heterocycles. The van der Waals surface area contributed by atoms with Gasteiger partial charge in [-0.15, -0.1) is 0 Å². The highest BCUT2D eigenvalue weighted by atomic mass is 15.0. The number of benzene rings is 1. The van der Waals surface area contributed by atoms with Gasteiger partial charge in [-0.1, -0.05) is 13.8 Å². The van der Waals surface area contributed by atoms with E-state index in [0.717, 1.165) is 12.2 Å². The van der Waals surface area contributed by atoms with E-state index < -0.39 is 0 Å². The Labute approximate surface area is 90.7 Å². The van der Waals surface area contributed by atoms with Gasteiger partial charge in [-0.2, -0.15) is 0 Å². The number of nitrogens with two attached hydrogens (primary N) is 1. The fourth-order valence-electron chi connectivity index (χ4n) is 2.03. The molecule has 0 fully saturated rings. The van der Waals surface area contributed by atoms with E-state index in [4.69, 9.17) is 5.73 Å². The lowest BCUT2D eigenvalue weighted by atomic mass is 10.2. The zero-order valence-electron chi connectivity index (χ0n) is 9.62. The number of hydrogen-bond acceptors (Lipinski definition) is 1. The zero-order valence-corrected chi connectivity index (χ0v) is 9.62. The zero-order chi connectivity index (χ0) is 11.0. The molecule has 0 saturated heterocycles. The molecular weight excluding hydrogens is 184 g/mol. The molecule has 2 nitrogen and oxygen atoms in total. The molecule has 0 amide bonds. The van der Waals surface area contributed by atoms with Crippen LogP contribution in [0, 0.1) is 12.8 Å². The molecule has 2 aromatic rings. The van der Waals surface area contributed by atoms with E-state index >= 15 is 0 Å². The molecule has 2 heteroatoms. The normalized spacial score (nSPS) is 11.5. The van der Waals surface area contributed by atoms with Crippen LogP contribution in [0.3, 0.4) is 0 Å². The van der Waals surface area contributed by atoms with E-state index in [2.05, 4.69) is 37.5 Å².